The molecule has 1 rings (SSSR count). The van der Waals surface area contributed by atoms with E-state index in [1.165, 1.54) is 31.5 Å². The number of methoxy groups -OCH3 is 1. The number of rotatable bonds is 5. The molecule has 19 heavy (non-hydrogen) atoms. The molecule has 0 aliphatic carbocycles. The fraction of sp³-hybridized carbons (Fsp3) is 0.462. The maximum atomic E-state index is 13.2. The molecule has 0 spiro atoms. The summed E-state index contributed by atoms with van der Waals surface area (Å²) in [6.07, 6.45) is 1.36. The summed E-state index contributed by atoms with van der Waals surface area (Å²) in [6.45, 7) is 5.49. The van der Waals surface area contributed by atoms with Crippen LogP contribution in [0.2, 0.25) is 0 Å². The molecule has 106 valence electrons. The Labute approximate surface area is 116 Å². The van der Waals surface area contributed by atoms with Crippen molar-refractivity contribution >= 4 is 17.6 Å². The lowest BCUT2D eigenvalue weighted by Crippen LogP contribution is -2.25. The Bertz CT molecular complexity index is 446. The Morgan fingerprint density at radius 2 is 2.11 bits per heavy atom. The average molecular weight is 287 g/mol. The third-order valence-electron chi connectivity index (χ3n) is 2.12. The zero-order valence-corrected chi connectivity index (χ0v) is 12.3. The molecule has 0 heterocycles. The van der Waals surface area contributed by atoms with Gasteiger partial charge in [-0.3, -0.25) is 0 Å². The third kappa shape index (κ3) is 5.18. The summed E-state index contributed by atoms with van der Waals surface area (Å²) in [5, 5.41) is 0. The van der Waals surface area contributed by atoms with E-state index in [0.29, 0.717) is 11.3 Å². The van der Waals surface area contributed by atoms with Crippen molar-refractivity contribution in [3.05, 3.63) is 29.6 Å². The summed E-state index contributed by atoms with van der Waals surface area (Å²) in [4.78, 5) is 0. The van der Waals surface area contributed by atoms with Crippen LogP contribution >= 0.6 is 0 Å². The normalized spacial score (nSPS) is 13.8. The predicted molar refractivity (Wildman–Crippen MR) is 74.4 cm³/mol. The number of halogens is 1. The molecule has 1 aromatic carbocycles. The van der Waals surface area contributed by atoms with Gasteiger partial charge < -0.3 is 14.0 Å². The van der Waals surface area contributed by atoms with Gasteiger partial charge in [-0.2, -0.15) is 0 Å². The summed E-state index contributed by atoms with van der Waals surface area (Å²) >= 11 is -1.40. The first-order valence-electron chi connectivity index (χ1n) is 5.72. The van der Waals surface area contributed by atoms with E-state index in [2.05, 4.69) is 4.40 Å². The van der Waals surface area contributed by atoms with Crippen molar-refractivity contribution in [1.82, 2.24) is 0 Å². The monoisotopic (exact) mass is 287 g/mol. The lowest BCUT2D eigenvalue weighted by atomic mass is 10.2. The second-order valence-electron chi connectivity index (χ2n) is 4.83. The molecular weight excluding hydrogens is 269 g/mol. The molecule has 0 unspecified atom stereocenters. The van der Waals surface area contributed by atoms with E-state index < -0.39 is 21.9 Å². The molecule has 0 saturated heterocycles. The number of hydrogen-bond donors (Lipinski definition) is 0. The van der Waals surface area contributed by atoms with Gasteiger partial charge in [0.1, 0.15) is 27.7 Å². The number of hydrogen-bond acceptors (Lipinski definition) is 4. The second-order valence-corrected chi connectivity index (χ2v) is 6.76. The van der Waals surface area contributed by atoms with Crippen molar-refractivity contribution in [3.8, 4) is 5.75 Å². The quantitative estimate of drug-likeness (QED) is 0.475. The predicted octanol–water partition coefficient (Wildman–Crippen LogP) is 2.69. The largest absolute Gasteiger partial charge is 0.591 e. The first kappa shape index (κ1) is 15.9. The molecular formula is C13H18FNO3S. The van der Waals surface area contributed by atoms with Crippen LogP contribution in [0.5, 0.6) is 5.75 Å². The van der Waals surface area contributed by atoms with Crippen LogP contribution in [0.4, 0.5) is 4.39 Å². The Hall–Kier alpha value is -1.11. The summed E-state index contributed by atoms with van der Waals surface area (Å²) < 4.78 is 38.6. The van der Waals surface area contributed by atoms with E-state index in [0.717, 1.165) is 0 Å². The van der Waals surface area contributed by atoms with Gasteiger partial charge in [0.2, 0.25) is 0 Å². The first-order valence-corrected chi connectivity index (χ1v) is 6.82. The van der Waals surface area contributed by atoms with Gasteiger partial charge in [-0.15, -0.1) is 0 Å². The van der Waals surface area contributed by atoms with Gasteiger partial charge in [-0.1, -0.05) is 4.40 Å². The lowest BCUT2D eigenvalue weighted by Gasteiger charge is -2.17. The van der Waals surface area contributed by atoms with Crippen molar-refractivity contribution in [2.45, 2.75) is 25.5 Å². The van der Waals surface area contributed by atoms with E-state index >= 15 is 0 Å². The average Bonchev–Trinajstić information content (AvgIpc) is 2.33. The van der Waals surface area contributed by atoms with Crippen LogP contribution < -0.4 is 4.74 Å². The van der Waals surface area contributed by atoms with Gasteiger partial charge in [-0.25, -0.2) is 4.39 Å². The van der Waals surface area contributed by atoms with Gasteiger partial charge >= 0.3 is 0 Å². The highest BCUT2D eigenvalue weighted by Gasteiger charge is 2.25. The second kappa shape index (κ2) is 6.88. The molecule has 0 aromatic heterocycles. The number of nitrogens with zero attached hydrogens (tertiary/aromatic N) is 1. The highest BCUT2D eigenvalue weighted by molar-refractivity contribution is 7.91. The summed E-state index contributed by atoms with van der Waals surface area (Å²) in [6, 6.07) is 4.03. The third-order valence-corrected chi connectivity index (χ3v) is 3.46. The van der Waals surface area contributed by atoms with Crippen LogP contribution in [0.25, 0.3) is 0 Å². The van der Waals surface area contributed by atoms with Crippen molar-refractivity contribution in [2.75, 3.05) is 13.9 Å². The Morgan fingerprint density at radius 3 is 2.68 bits per heavy atom. The summed E-state index contributed by atoms with van der Waals surface area (Å²) in [5.41, 5.74) is 0.426. The smallest absolute Gasteiger partial charge is 0.188 e. The molecule has 6 heteroatoms. The highest BCUT2D eigenvalue weighted by Crippen LogP contribution is 2.20. The molecule has 1 aromatic rings. The standard InChI is InChI=1S/C13H18FNO3S/c1-13(2,3)19(16)15-8-10-7-11(14)5-6-12(10)18-9-17-4/h5-8H,9H2,1-4H3/t19-/m0/s1. The minimum Gasteiger partial charge on any atom is -0.591 e. The van der Waals surface area contributed by atoms with Crippen molar-refractivity contribution in [3.63, 3.8) is 0 Å². The van der Waals surface area contributed by atoms with E-state index in [9.17, 15) is 8.94 Å². The molecule has 0 radical (unpaired) electrons. The molecule has 0 aliphatic heterocycles. The van der Waals surface area contributed by atoms with Gasteiger partial charge in [0.05, 0.1) is 6.21 Å². The summed E-state index contributed by atoms with van der Waals surface area (Å²) in [7, 11) is 1.49. The van der Waals surface area contributed by atoms with E-state index in [-0.39, 0.29) is 6.79 Å². The maximum absolute atomic E-state index is 13.2. The van der Waals surface area contributed by atoms with Gasteiger partial charge in [0.15, 0.2) is 6.79 Å². The molecule has 0 amide bonds. The maximum Gasteiger partial charge on any atom is 0.188 e. The van der Waals surface area contributed by atoms with Crippen molar-refractivity contribution < 1.29 is 18.4 Å². The lowest BCUT2D eigenvalue weighted by molar-refractivity contribution is 0.0510. The molecule has 1 atom stereocenters. The van der Waals surface area contributed by atoms with Gasteiger partial charge in [-0.05, 0) is 39.0 Å². The van der Waals surface area contributed by atoms with Gasteiger partial charge in [0, 0.05) is 12.7 Å². The van der Waals surface area contributed by atoms with Crippen LogP contribution in [-0.4, -0.2) is 29.4 Å². The molecule has 0 fully saturated rings. The summed E-state index contributed by atoms with van der Waals surface area (Å²) in [5.74, 6) is 0.0191. The zero-order valence-electron chi connectivity index (χ0n) is 11.5. The number of ether oxygens (including phenoxy) is 2. The SMILES string of the molecule is COCOc1ccc(F)cc1C=N[S@@+]([O-])C(C)(C)C. The Balaban J connectivity index is 2.92. The van der Waals surface area contributed by atoms with E-state index in [1.54, 1.807) is 0 Å². The fourth-order valence-electron chi connectivity index (χ4n) is 1.14. The van der Waals surface area contributed by atoms with E-state index in [4.69, 9.17) is 9.47 Å². The fourth-order valence-corrected chi connectivity index (χ4v) is 1.66. The van der Waals surface area contributed by atoms with Crippen molar-refractivity contribution in [1.29, 1.82) is 0 Å². The minimum atomic E-state index is -1.40. The topological polar surface area (TPSA) is 53.9 Å². The van der Waals surface area contributed by atoms with Crippen LogP contribution in [0.3, 0.4) is 0 Å². The Kier molecular flexibility index (Phi) is 5.78. The minimum absolute atomic E-state index is 0.0504. The molecule has 0 N–H and O–H groups in total. The Morgan fingerprint density at radius 1 is 1.42 bits per heavy atom. The van der Waals surface area contributed by atoms with Crippen LogP contribution in [0.15, 0.2) is 22.6 Å². The zero-order chi connectivity index (χ0) is 14.5. The molecule has 0 bridgehead atoms. The van der Waals surface area contributed by atoms with Crippen LogP contribution in [0, 0.1) is 5.82 Å². The van der Waals surface area contributed by atoms with Gasteiger partial charge in [0.25, 0.3) is 0 Å². The molecule has 0 saturated carbocycles. The van der Waals surface area contributed by atoms with Crippen LogP contribution in [-0.2, 0) is 16.1 Å². The molecule has 4 nitrogen and oxygen atoms in total. The van der Waals surface area contributed by atoms with Crippen LogP contribution in [0.1, 0.15) is 26.3 Å². The van der Waals surface area contributed by atoms with Crippen molar-refractivity contribution in [2.24, 2.45) is 4.40 Å². The molecule has 0 aliphatic rings. The first-order chi connectivity index (χ1) is 8.84. The van der Waals surface area contributed by atoms with E-state index in [1.807, 2.05) is 20.8 Å². The number of benzene rings is 1. The highest BCUT2D eigenvalue weighted by atomic mass is 32.2.